The Labute approximate surface area is 177 Å². The number of carbonyl (C=O) groups is 2. The molecule has 0 aromatic heterocycles. The largest absolute Gasteiger partial charge is 0.369 e. The van der Waals surface area contributed by atoms with Crippen molar-refractivity contribution in [3.8, 4) is 0 Å². The van der Waals surface area contributed by atoms with Gasteiger partial charge in [0.1, 0.15) is 5.82 Å². The third kappa shape index (κ3) is 5.57. The van der Waals surface area contributed by atoms with Crippen LogP contribution < -0.4 is 15.5 Å². The number of piperazine rings is 1. The zero-order valence-electron chi connectivity index (χ0n) is 17.5. The zero-order valence-corrected chi connectivity index (χ0v) is 17.5. The van der Waals surface area contributed by atoms with Crippen LogP contribution in [0, 0.1) is 5.82 Å². The first-order valence-corrected chi connectivity index (χ1v) is 10.4. The van der Waals surface area contributed by atoms with Crippen molar-refractivity contribution in [3.63, 3.8) is 0 Å². The van der Waals surface area contributed by atoms with Gasteiger partial charge >= 0.3 is 0 Å². The molecule has 1 fully saturated rings. The molecule has 1 heterocycles. The molecule has 0 bridgehead atoms. The quantitative estimate of drug-likeness (QED) is 0.734. The lowest BCUT2D eigenvalue weighted by molar-refractivity contribution is -0.120. The van der Waals surface area contributed by atoms with Gasteiger partial charge in [-0.1, -0.05) is 25.1 Å². The second-order valence-electron chi connectivity index (χ2n) is 7.46. The smallest absolute Gasteiger partial charge is 0.251 e. The molecule has 2 aromatic rings. The van der Waals surface area contributed by atoms with Crippen LogP contribution >= 0.6 is 0 Å². The van der Waals surface area contributed by atoms with E-state index in [9.17, 15) is 14.0 Å². The van der Waals surface area contributed by atoms with Gasteiger partial charge in [-0.3, -0.25) is 9.59 Å². The predicted molar refractivity (Wildman–Crippen MR) is 116 cm³/mol. The highest BCUT2D eigenvalue weighted by molar-refractivity contribution is 5.96. The van der Waals surface area contributed by atoms with Gasteiger partial charge in [0, 0.05) is 43.0 Å². The van der Waals surface area contributed by atoms with Crippen LogP contribution in [-0.4, -0.2) is 56.0 Å². The van der Waals surface area contributed by atoms with Gasteiger partial charge in [-0.25, -0.2) is 4.39 Å². The summed E-state index contributed by atoms with van der Waals surface area (Å²) < 4.78 is 14.0. The highest BCUT2D eigenvalue weighted by Gasteiger charge is 2.22. The summed E-state index contributed by atoms with van der Waals surface area (Å²) in [5.41, 5.74) is 2.17. The van der Waals surface area contributed by atoms with E-state index in [2.05, 4.69) is 27.4 Å². The Balaban J connectivity index is 1.61. The van der Waals surface area contributed by atoms with E-state index in [0.717, 1.165) is 44.0 Å². The van der Waals surface area contributed by atoms with Crippen molar-refractivity contribution in [3.05, 3.63) is 65.5 Å². The van der Waals surface area contributed by atoms with Crippen LogP contribution in [0.2, 0.25) is 0 Å². The Morgan fingerprint density at radius 1 is 1.07 bits per heavy atom. The number of halogens is 1. The number of anilines is 1. The van der Waals surface area contributed by atoms with E-state index >= 15 is 0 Å². The van der Waals surface area contributed by atoms with Crippen molar-refractivity contribution in [1.82, 2.24) is 15.5 Å². The Hall–Kier alpha value is -2.93. The summed E-state index contributed by atoms with van der Waals surface area (Å²) in [5, 5.41) is 5.49. The third-order valence-corrected chi connectivity index (χ3v) is 5.44. The highest BCUT2D eigenvalue weighted by atomic mass is 19.1. The predicted octanol–water partition coefficient (Wildman–Crippen LogP) is 2.57. The number of nitrogens with zero attached hydrogens (tertiary/aromatic N) is 2. The van der Waals surface area contributed by atoms with E-state index in [-0.39, 0.29) is 30.2 Å². The molecule has 1 aliphatic heterocycles. The van der Waals surface area contributed by atoms with E-state index in [4.69, 9.17) is 0 Å². The molecule has 1 atom stereocenters. The minimum Gasteiger partial charge on any atom is -0.369 e. The lowest BCUT2D eigenvalue weighted by Gasteiger charge is -2.37. The van der Waals surface area contributed by atoms with E-state index in [1.54, 1.807) is 30.3 Å². The first-order valence-electron chi connectivity index (χ1n) is 10.4. The SMILES string of the molecule is CCN1CCN(c2ccc(F)cc2C(C)NC(=O)CNC(=O)c2ccccc2)CC1. The lowest BCUT2D eigenvalue weighted by atomic mass is 10.0. The van der Waals surface area contributed by atoms with Gasteiger partial charge in [0.25, 0.3) is 5.91 Å². The first kappa shape index (κ1) is 21.8. The molecule has 7 heteroatoms. The van der Waals surface area contributed by atoms with Gasteiger partial charge in [-0.2, -0.15) is 0 Å². The van der Waals surface area contributed by atoms with Crippen LogP contribution in [0.4, 0.5) is 10.1 Å². The van der Waals surface area contributed by atoms with E-state index in [0.29, 0.717) is 5.56 Å². The molecule has 0 aliphatic carbocycles. The van der Waals surface area contributed by atoms with Crippen LogP contribution in [0.25, 0.3) is 0 Å². The second kappa shape index (κ2) is 10.2. The maximum absolute atomic E-state index is 14.0. The summed E-state index contributed by atoms with van der Waals surface area (Å²) in [6.07, 6.45) is 0. The summed E-state index contributed by atoms with van der Waals surface area (Å²) in [4.78, 5) is 29.1. The zero-order chi connectivity index (χ0) is 21.5. The Kier molecular flexibility index (Phi) is 7.41. The maximum atomic E-state index is 14.0. The van der Waals surface area contributed by atoms with Crippen molar-refractivity contribution in [1.29, 1.82) is 0 Å². The standard InChI is InChI=1S/C23H29FN4O2/c1-3-27-11-13-28(14-12-27)21-10-9-19(24)15-20(21)17(2)26-22(29)16-25-23(30)18-7-5-4-6-8-18/h4-10,15,17H,3,11-14,16H2,1-2H3,(H,25,30)(H,26,29). The Morgan fingerprint density at radius 2 is 1.77 bits per heavy atom. The van der Waals surface area contributed by atoms with Crippen molar-refractivity contribution >= 4 is 17.5 Å². The normalized spacial score (nSPS) is 15.5. The van der Waals surface area contributed by atoms with E-state index < -0.39 is 0 Å². The third-order valence-electron chi connectivity index (χ3n) is 5.44. The average molecular weight is 413 g/mol. The van der Waals surface area contributed by atoms with Gasteiger partial charge in [0.05, 0.1) is 12.6 Å². The molecular weight excluding hydrogens is 383 g/mol. The van der Waals surface area contributed by atoms with Crippen LogP contribution in [0.15, 0.2) is 48.5 Å². The molecule has 30 heavy (non-hydrogen) atoms. The number of amides is 2. The summed E-state index contributed by atoms with van der Waals surface area (Å²) in [6, 6.07) is 13.1. The summed E-state index contributed by atoms with van der Waals surface area (Å²) in [7, 11) is 0. The lowest BCUT2D eigenvalue weighted by Crippen LogP contribution is -2.46. The fourth-order valence-corrected chi connectivity index (χ4v) is 3.69. The molecule has 0 saturated carbocycles. The number of carbonyl (C=O) groups excluding carboxylic acids is 2. The molecule has 3 rings (SSSR count). The molecule has 1 saturated heterocycles. The monoisotopic (exact) mass is 412 g/mol. The minimum atomic E-state index is -0.388. The van der Waals surface area contributed by atoms with Crippen molar-refractivity contribution in [2.24, 2.45) is 0 Å². The van der Waals surface area contributed by atoms with Crippen LogP contribution in [0.5, 0.6) is 0 Å². The molecule has 160 valence electrons. The molecule has 2 amide bonds. The summed E-state index contributed by atoms with van der Waals surface area (Å²) in [5.74, 6) is -0.962. The van der Waals surface area contributed by atoms with E-state index in [1.165, 1.54) is 12.1 Å². The number of likely N-dealkylation sites (N-methyl/N-ethyl adjacent to an activating group) is 1. The van der Waals surface area contributed by atoms with Crippen molar-refractivity contribution in [2.75, 3.05) is 44.2 Å². The summed E-state index contributed by atoms with van der Waals surface area (Å²) >= 11 is 0. The molecule has 1 aliphatic rings. The summed E-state index contributed by atoms with van der Waals surface area (Å²) in [6.45, 7) is 8.49. The first-order chi connectivity index (χ1) is 14.5. The van der Waals surface area contributed by atoms with Gasteiger partial charge in [0.15, 0.2) is 0 Å². The van der Waals surface area contributed by atoms with Gasteiger partial charge < -0.3 is 20.4 Å². The fourth-order valence-electron chi connectivity index (χ4n) is 3.69. The average Bonchev–Trinajstić information content (AvgIpc) is 2.78. The maximum Gasteiger partial charge on any atom is 0.251 e. The Morgan fingerprint density at radius 3 is 2.43 bits per heavy atom. The molecule has 2 N–H and O–H groups in total. The molecule has 6 nitrogen and oxygen atoms in total. The second-order valence-corrected chi connectivity index (χ2v) is 7.46. The topological polar surface area (TPSA) is 64.7 Å². The Bertz CT molecular complexity index is 867. The van der Waals surface area contributed by atoms with E-state index in [1.807, 2.05) is 13.0 Å². The number of hydrogen-bond donors (Lipinski definition) is 2. The number of benzene rings is 2. The number of hydrogen-bond acceptors (Lipinski definition) is 4. The molecule has 1 unspecified atom stereocenters. The molecular formula is C23H29FN4O2. The van der Waals surface area contributed by atoms with Crippen LogP contribution in [0.3, 0.4) is 0 Å². The molecule has 2 aromatic carbocycles. The molecule has 0 radical (unpaired) electrons. The minimum absolute atomic E-state index is 0.141. The fraction of sp³-hybridized carbons (Fsp3) is 0.391. The van der Waals surface area contributed by atoms with Gasteiger partial charge in [-0.15, -0.1) is 0 Å². The van der Waals surface area contributed by atoms with Crippen LogP contribution in [0.1, 0.15) is 35.8 Å². The van der Waals surface area contributed by atoms with Crippen LogP contribution in [-0.2, 0) is 4.79 Å². The number of rotatable bonds is 7. The molecule has 0 spiro atoms. The highest BCUT2D eigenvalue weighted by Crippen LogP contribution is 2.28. The van der Waals surface area contributed by atoms with Crippen molar-refractivity contribution in [2.45, 2.75) is 19.9 Å². The van der Waals surface area contributed by atoms with Crippen molar-refractivity contribution < 1.29 is 14.0 Å². The van der Waals surface area contributed by atoms with Gasteiger partial charge in [0.2, 0.25) is 5.91 Å². The van der Waals surface area contributed by atoms with Gasteiger partial charge in [-0.05, 0) is 43.8 Å². The number of nitrogens with one attached hydrogen (secondary N) is 2.